The van der Waals surface area contributed by atoms with Gasteiger partial charge < -0.3 is 9.80 Å². The van der Waals surface area contributed by atoms with Gasteiger partial charge in [0.1, 0.15) is 0 Å². The molecule has 3 rings (SSSR count). The van der Waals surface area contributed by atoms with Crippen LogP contribution in [-0.4, -0.2) is 30.6 Å². The van der Waals surface area contributed by atoms with E-state index in [9.17, 15) is 5.26 Å². The molecule has 0 fully saturated rings. The number of benzene rings is 2. The number of hydrogen-bond donors (Lipinski definition) is 0. The minimum absolute atomic E-state index is 0.333. The highest BCUT2D eigenvalue weighted by atomic mass is 32.2. The van der Waals surface area contributed by atoms with E-state index in [-0.39, 0.29) is 0 Å². The molecule has 0 bridgehead atoms. The Bertz CT molecular complexity index is 762. The maximum absolute atomic E-state index is 9.30. The summed E-state index contributed by atoms with van der Waals surface area (Å²) >= 11 is 1.79. The fourth-order valence-corrected chi connectivity index (χ4v) is 4.32. The third-order valence-corrected chi connectivity index (χ3v) is 5.68. The lowest BCUT2D eigenvalue weighted by Gasteiger charge is -2.39. The van der Waals surface area contributed by atoms with E-state index in [2.05, 4.69) is 67.0 Å². The molecule has 0 N–H and O–H groups in total. The standard InChI is InChI=1S/C20H23N3S/c1-4-22(5-2)14-15(3)23-17-8-6-7-9-19(17)24-20-11-10-16(13-21)12-18(20)23/h6-12,15H,4-5,14H2,1-3H3. The first-order valence-electron chi connectivity index (χ1n) is 8.50. The van der Waals surface area contributed by atoms with Crippen LogP contribution < -0.4 is 4.90 Å². The van der Waals surface area contributed by atoms with Gasteiger partial charge in [-0.3, -0.25) is 0 Å². The maximum Gasteiger partial charge on any atom is 0.0992 e. The average molecular weight is 337 g/mol. The van der Waals surface area contributed by atoms with E-state index in [1.807, 2.05) is 12.1 Å². The summed E-state index contributed by atoms with van der Waals surface area (Å²) in [5, 5.41) is 9.30. The zero-order valence-electron chi connectivity index (χ0n) is 14.5. The summed E-state index contributed by atoms with van der Waals surface area (Å²) in [6.07, 6.45) is 0. The molecule has 0 amide bonds. The summed E-state index contributed by atoms with van der Waals surface area (Å²) in [5.41, 5.74) is 3.11. The summed E-state index contributed by atoms with van der Waals surface area (Å²) < 4.78 is 0. The smallest absolute Gasteiger partial charge is 0.0992 e. The van der Waals surface area contributed by atoms with E-state index in [1.54, 1.807) is 11.8 Å². The first-order valence-corrected chi connectivity index (χ1v) is 9.32. The van der Waals surface area contributed by atoms with Crippen LogP contribution in [0, 0.1) is 11.3 Å². The highest BCUT2D eigenvalue weighted by Crippen LogP contribution is 2.49. The van der Waals surface area contributed by atoms with Gasteiger partial charge in [0.25, 0.3) is 0 Å². The van der Waals surface area contributed by atoms with Gasteiger partial charge >= 0.3 is 0 Å². The van der Waals surface area contributed by atoms with E-state index in [0.717, 1.165) is 25.3 Å². The molecule has 0 saturated carbocycles. The highest BCUT2D eigenvalue weighted by Gasteiger charge is 2.27. The van der Waals surface area contributed by atoms with Crippen molar-refractivity contribution in [3.63, 3.8) is 0 Å². The molecule has 1 unspecified atom stereocenters. The van der Waals surface area contributed by atoms with E-state index >= 15 is 0 Å². The third kappa shape index (κ3) is 3.15. The van der Waals surface area contributed by atoms with E-state index in [1.165, 1.54) is 15.5 Å². The quantitative estimate of drug-likeness (QED) is 0.777. The Morgan fingerprint density at radius 2 is 1.79 bits per heavy atom. The SMILES string of the molecule is CCN(CC)CC(C)N1c2ccccc2Sc2ccc(C#N)cc21. The van der Waals surface area contributed by atoms with Crippen LogP contribution in [0.1, 0.15) is 26.3 Å². The van der Waals surface area contributed by atoms with Gasteiger partial charge in [-0.15, -0.1) is 0 Å². The molecule has 0 aliphatic carbocycles. The van der Waals surface area contributed by atoms with Gasteiger partial charge in [-0.05, 0) is 50.3 Å². The zero-order chi connectivity index (χ0) is 17.1. The highest BCUT2D eigenvalue weighted by molar-refractivity contribution is 7.99. The summed E-state index contributed by atoms with van der Waals surface area (Å²) in [7, 11) is 0. The number of rotatable bonds is 5. The van der Waals surface area contributed by atoms with Crippen molar-refractivity contribution in [3.8, 4) is 6.07 Å². The molecule has 24 heavy (non-hydrogen) atoms. The zero-order valence-corrected chi connectivity index (χ0v) is 15.3. The van der Waals surface area contributed by atoms with Gasteiger partial charge in [0.2, 0.25) is 0 Å². The molecule has 3 nitrogen and oxygen atoms in total. The predicted molar refractivity (Wildman–Crippen MR) is 101 cm³/mol. The number of nitriles is 1. The number of anilines is 2. The minimum Gasteiger partial charge on any atom is -0.335 e. The van der Waals surface area contributed by atoms with Crippen molar-refractivity contribution < 1.29 is 0 Å². The maximum atomic E-state index is 9.30. The molecule has 2 aromatic rings. The van der Waals surface area contributed by atoms with E-state index in [4.69, 9.17) is 0 Å². The van der Waals surface area contributed by atoms with Crippen LogP contribution in [0.25, 0.3) is 0 Å². The number of para-hydroxylation sites is 1. The summed E-state index contributed by atoms with van der Waals surface area (Å²) in [6, 6.07) is 17.2. The second-order valence-corrected chi connectivity index (χ2v) is 7.15. The van der Waals surface area contributed by atoms with Gasteiger partial charge in [-0.25, -0.2) is 0 Å². The lowest BCUT2D eigenvalue weighted by Crippen LogP contribution is -2.41. The van der Waals surface area contributed by atoms with Crippen molar-refractivity contribution in [2.75, 3.05) is 24.5 Å². The number of nitrogens with zero attached hydrogens (tertiary/aromatic N) is 3. The molecule has 0 spiro atoms. The number of hydrogen-bond acceptors (Lipinski definition) is 4. The van der Waals surface area contributed by atoms with Crippen molar-refractivity contribution in [3.05, 3.63) is 48.0 Å². The van der Waals surface area contributed by atoms with Crippen LogP contribution >= 0.6 is 11.8 Å². The lowest BCUT2D eigenvalue weighted by atomic mass is 10.1. The first-order chi connectivity index (χ1) is 11.7. The largest absolute Gasteiger partial charge is 0.335 e. The third-order valence-electron chi connectivity index (χ3n) is 4.55. The molecule has 0 saturated heterocycles. The van der Waals surface area contributed by atoms with Gasteiger partial charge in [-0.2, -0.15) is 5.26 Å². The second-order valence-electron chi connectivity index (χ2n) is 6.07. The van der Waals surface area contributed by atoms with Gasteiger partial charge in [0.15, 0.2) is 0 Å². The average Bonchev–Trinajstić information content (AvgIpc) is 2.63. The molecule has 0 radical (unpaired) electrons. The summed E-state index contributed by atoms with van der Waals surface area (Å²) in [4.78, 5) is 7.35. The van der Waals surface area contributed by atoms with Crippen LogP contribution in [0.4, 0.5) is 11.4 Å². The van der Waals surface area contributed by atoms with Gasteiger partial charge in [-0.1, -0.05) is 37.7 Å². The Hall–Kier alpha value is -1.96. The molecule has 2 aromatic carbocycles. The summed E-state index contributed by atoms with van der Waals surface area (Å²) in [6.45, 7) is 9.79. The summed E-state index contributed by atoms with van der Waals surface area (Å²) in [5.74, 6) is 0. The van der Waals surface area contributed by atoms with Crippen molar-refractivity contribution >= 4 is 23.1 Å². The molecule has 0 aromatic heterocycles. The Kier molecular flexibility index (Phi) is 5.13. The van der Waals surface area contributed by atoms with E-state index in [0.29, 0.717) is 11.6 Å². The Morgan fingerprint density at radius 3 is 2.50 bits per heavy atom. The molecule has 1 atom stereocenters. The molecular weight excluding hydrogens is 314 g/mol. The van der Waals surface area contributed by atoms with Crippen LogP contribution in [0.2, 0.25) is 0 Å². The van der Waals surface area contributed by atoms with Crippen molar-refractivity contribution in [2.45, 2.75) is 36.6 Å². The van der Waals surface area contributed by atoms with Crippen molar-refractivity contribution in [2.24, 2.45) is 0 Å². The monoisotopic (exact) mass is 337 g/mol. The van der Waals surface area contributed by atoms with Gasteiger partial charge in [0, 0.05) is 22.4 Å². The Labute approximate surface area is 148 Å². The Morgan fingerprint density at radius 1 is 1.08 bits per heavy atom. The van der Waals surface area contributed by atoms with Crippen molar-refractivity contribution in [1.29, 1.82) is 5.26 Å². The normalized spacial score (nSPS) is 14.0. The van der Waals surface area contributed by atoms with Gasteiger partial charge in [0.05, 0.1) is 23.0 Å². The van der Waals surface area contributed by atoms with E-state index < -0.39 is 0 Å². The van der Waals surface area contributed by atoms with Crippen LogP contribution in [0.3, 0.4) is 0 Å². The number of likely N-dealkylation sites (N-methyl/N-ethyl adjacent to an activating group) is 1. The fraction of sp³-hybridized carbons (Fsp3) is 0.350. The van der Waals surface area contributed by atoms with Crippen molar-refractivity contribution in [1.82, 2.24) is 4.90 Å². The first kappa shape index (κ1) is 16.9. The lowest BCUT2D eigenvalue weighted by molar-refractivity contribution is 0.288. The fourth-order valence-electron chi connectivity index (χ4n) is 3.26. The molecule has 1 aliphatic heterocycles. The molecule has 4 heteroatoms. The minimum atomic E-state index is 0.333. The van der Waals surface area contributed by atoms with Crippen LogP contribution in [0.5, 0.6) is 0 Å². The Balaban J connectivity index is 2.05. The molecule has 124 valence electrons. The van der Waals surface area contributed by atoms with Crippen LogP contribution in [0.15, 0.2) is 52.3 Å². The molecule has 1 heterocycles. The topological polar surface area (TPSA) is 30.3 Å². The van der Waals surface area contributed by atoms with Crippen LogP contribution in [-0.2, 0) is 0 Å². The predicted octanol–water partition coefficient (Wildman–Crippen LogP) is 4.89. The number of fused-ring (bicyclic) bond motifs is 2. The molecule has 1 aliphatic rings. The molecular formula is C20H23N3S. The second kappa shape index (κ2) is 7.29.